The number of hydrogen-bond donors (Lipinski definition) is 1. The second kappa shape index (κ2) is 9.09. The summed E-state index contributed by atoms with van der Waals surface area (Å²) in [6.07, 6.45) is 1.81. The van der Waals surface area contributed by atoms with Gasteiger partial charge >= 0.3 is 0 Å². The third-order valence-electron chi connectivity index (χ3n) is 3.66. The molecule has 0 radical (unpaired) electrons. The Hall–Kier alpha value is -1.52. The lowest BCUT2D eigenvalue weighted by Crippen LogP contribution is -2.36. The normalized spacial score (nSPS) is 11.8. The first kappa shape index (κ1) is 18.8. The maximum Gasteiger partial charge on any atom is 0.258 e. The molecule has 0 fully saturated rings. The summed E-state index contributed by atoms with van der Waals surface area (Å²) < 4.78 is 6.47. The summed E-state index contributed by atoms with van der Waals surface area (Å²) in [5.74, 6) is 0.404. The molecule has 1 amide bonds. The summed E-state index contributed by atoms with van der Waals surface area (Å²) in [7, 11) is 0. The van der Waals surface area contributed by atoms with Gasteiger partial charge in [0, 0.05) is 10.5 Å². The molecule has 0 unspecified atom stereocenters. The number of benzene rings is 2. The van der Waals surface area contributed by atoms with Gasteiger partial charge in [-0.3, -0.25) is 4.79 Å². The van der Waals surface area contributed by atoms with Crippen LogP contribution in [0.2, 0.25) is 5.02 Å². The Labute approximate surface area is 156 Å². The van der Waals surface area contributed by atoms with Crippen molar-refractivity contribution in [2.24, 2.45) is 0 Å². The van der Waals surface area contributed by atoms with Crippen molar-refractivity contribution in [2.75, 3.05) is 6.61 Å². The largest absolute Gasteiger partial charge is 0.482 e. The monoisotopic (exact) mass is 409 g/mol. The molecule has 1 N–H and O–H groups in total. The molecule has 0 bridgehead atoms. The zero-order valence-electron chi connectivity index (χ0n) is 13.8. The Balaban J connectivity index is 1.79. The van der Waals surface area contributed by atoms with Gasteiger partial charge in [0.05, 0.1) is 5.02 Å². The third kappa shape index (κ3) is 5.84. The van der Waals surface area contributed by atoms with Crippen molar-refractivity contribution in [1.82, 2.24) is 5.32 Å². The fourth-order valence-electron chi connectivity index (χ4n) is 2.43. The van der Waals surface area contributed by atoms with E-state index in [0.717, 1.165) is 22.9 Å². The van der Waals surface area contributed by atoms with E-state index >= 15 is 0 Å². The molecule has 2 aromatic carbocycles. The second-order valence-electron chi connectivity index (χ2n) is 5.82. The van der Waals surface area contributed by atoms with Crippen molar-refractivity contribution >= 4 is 33.4 Å². The van der Waals surface area contributed by atoms with E-state index in [-0.39, 0.29) is 18.6 Å². The summed E-state index contributed by atoms with van der Waals surface area (Å²) in [5.41, 5.74) is 2.16. The van der Waals surface area contributed by atoms with Gasteiger partial charge in [0.25, 0.3) is 5.91 Å². The van der Waals surface area contributed by atoms with Crippen molar-refractivity contribution in [3.05, 3.63) is 63.1 Å². The number of hydrogen-bond acceptors (Lipinski definition) is 2. The van der Waals surface area contributed by atoms with Gasteiger partial charge in [0.1, 0.15) is 5.75 Å². The van der Waals surface area contributed by atoms with Gasteiger partial charge in [-0.25, -0.2) is 0 Å². The van der Waals surface area contributed by atoms with E-state index in [1.165, 1.54) is 5.56 Å². The van der Waals surface area contributed by atoms with Gasteiger partial charge in [0.2, 0.25) is 0 Å². The van der Waals surface area contributed by atoms with Gasteiger partial charge in [-0.2, -0.15) is 0 Å². The van der Waals surface area contributed by atoms with Gasteiger partial charge in [-0.05, 0) is 49.9 Å². The molecule has 3 nitrogen and oxygen atoms in total. The van der Waals surface area contributed by atoms with Crippen molar-refractivity contribution < 1.29 is 9.53 Å². The fraction of sp³-hybridized carbons (Fsp3) is 0.316. The van der Waals surface area contributed by atoms with Crippen LogP contribution in [0.4, 0.5) is 0 Å². The van der Waals surface area contributed by atoms with E-state index in [1.807, 2.05) is 38.1 Å². The molecule has 0 heterocycles. The molecule has 0 spiro atoms. The molecule has 24 heavy (non-hydrogen) atoms. The number of nitrogens with one attached hydrogen (secondary N) is 1. The number of halogens is 2. The average Bonchev–Trinajstić information content (AvgIpc) is 2.53. The van der Waals surface area contributed by atoms with Crippen LogP contribution >= 0.6 is 27.5 Å². The highest BCUT2D eigenvalue weighted by molar-refractivity contribution is 9.10. The summed E-state index contributed by atoms with van der Waals surface area (Å²) in [6, 6.07) is 14.0. The molecule has 0 aliphatic rings. The molecule has 128 valence electrons. The van der Waals surface area contributed by atoms with Crippen LogP contribution < -0.4 is 10.1 Å². The van der Waals surface area contributed by atoms with Crippen LogP contribution in [0, 0.1) is 6.92 Å². The third-order valence-corrected chi connectivity index (χ3v) is 4.40. The molecule has 0 aromatic heterocycles. The Morgan fingerprint density at radius 2 is 2.00 bits per heavy atom. The molecule has 0 saturated carbocycles. The van der Waals surface area contributed by atoms with Crippen molar-refractivity contribution in [1.29, 1.82) is 0 Å². The molecule has 1 atom stereocenters. The molecular formula is C19H21BrClNO2. The number of rotatable bonds is 7. The first-order valence-corrected chi connectivity index (χ1v) is 9.04. The molecular weight excluding hydrogens is 390 g/mol. The Morgan fingerprint density at radius 3 is 2.67 bits per heavy atom. The first-order chi connectivity index (χ1) is 11.5. The average molecular weight is 411 g/mol. The number of ether oxygens (including phenoxy) is 1. The Kier molecular flexibility index (Phi) is 7.13. The predicted molar refractivity (Wildman–Crippen MR) is 102 cm³/mol. The first-order valence-electron chi connectivity index (χ1n) is 7.87. The molecule has 2 rings (SSSR count). The van der Waals surface area contributed by atoms with Crippen LogP contribution in [0.15, 0.2) is 46.9 Å². The van der Waals surface area contributed by atoms with E-state index in [2.05, 4.69) is 33.4 Å². The number of carbonyl (C=O) groups is 1. The SMILES string of the molecule is Cc1cc(Br)cc(Cl)c1OCC(=O)N[C@H](C)CCc1ccccc1. The minimum Gasteiger partial charge on any atom is -0.482 e. The van der Waals surface area contributed by atoms with Crippen LogP contribution in [0.3, 0.4) is 0 Å². The van der Waals surface area contributed by atoms with Crippen LogP contribution in [0.5, 0.6) is 5.75 Å². The summed E-state index contributed by atoms with van der Waals surface area (Å²) >= 11 is 9.53. The van der Waals surface area contributed by atoms with E-state index in [4.69, 9.17) is 16.3 Å². The quantitative estimate of drug-likeness (QED) is 0.703. The van der Waals surface area contributed by atoms with E-state index in [1.54, 1.807) is 6.07 Å². The Morgan fingerprint density at radius 1 is 1.29 bits per heavy atom. The zero-order valence-corrected chi connectivity index (χ0v) is 16.2. The summed E-state index contributed by atoms with van der Waals surface area (Å²) in [5, 5.41) is 3.45. The van der Waals surface area contributed by atoms with Gasteiger partial charge < -0.3 is 10.1 Å². The fourth-order valence-corrected chi connectivity index (χ4v) is 3.45. The van der Waals surface area contributed by atoms with Crippen LogP contribution in [-0.2, 0) is 11.2 Å². The van der Waals surface area contributed by atoms with Crippen molar-refractivity contribution in [3.8, 4) is 5.75 Å². The van der Waals surface area contributed by atoms with E-state index in [0.29, 0.717) is 10.8 Å². The smallest absolute Gasteiger partial charge is 0.258 e. The number of carbonyl (C=O) groups excluding carboxylic acids is 1. The van der Waals surface area contributed by atoms with Crippen LogP contribution in [0.1, 0.15) is 24.5 Å². The predicted octanol–water partition coefficient (Wildman–Crippen LogP) is 4.93. The molecule has 0 aliphatic heterocycles. The highest BCUT2D eigenvalue weighted by Gasteiger charge is 2.12. The van der Waals surface area contributed by atoms with E-state index < -0.39 is 0 Å². The molecule has 0 aliphatic carbocycles. The second-order valence-corrected chi connectivity index (χ2v) is 7.14. The van der Waals surface area contributed by atoms with Crippen LogP contribution in [-0.4, -0.2) is 18.6 Å². The zero-order chi connectivity index (χ0) is 17.5. The standard InChI is InChI=1S/C19H21BrClNO2/c1-13-10-16(20)11-17(21)19(13)24-12-18(23)22-14(2)8-9-15-6-4-3-5-7-15/h3-7,10-11,14H,8-9,12H2,1-2H3,(H,22,23)/t14-/m1/s1. The summed E-state index contributed by atoms with van der Waals surface area (Å²) in [4.78, 5) is 12.0. The van der Waals surface area contributed by atoms with Gasteiger partial charge in [-0.1, -0.05) is 57.9 Å². The molecule has 2 aromatic rings. The lowest BCUT2D eigenvalue weighted by molar-refractivity contribution is -0.123. The minimum absolute atomic E-state index is 0.0438. The Bertz CT molecular complexity index is 668. The van der Waals surface area contributed by atoms with Gasteiger partial charge in [0.15, 0.2) is 6.61 Å². The van der Waals surface area contributed by atoms with Gasteiger partial charge in [-0.15, -0.1) is 0 Å². The highest BCUT2D eigenvalue weighted by atomic mass is 79.9. The topological polar surface area (TPSA) is 38.3 Å². The number of amides is 1. The maximum atomic E-state index is 12.0. The summed E-state index contributed by atoms with van der Waals surface area (Å²) in [6.45, 7) is 3.85. The molecule has 5 heteroatoms. The lowest BCUT2D eigenvalue weighted by atomic mass is 10.1. The van der Waals surface area contributed by atoms with Crippen molar-refractivity contribution in [2.45, 2.75) is 32.7 Å². The maximum absolute atomic E-state index is 12.0. The van der Waals surface area contributed by atoms with Crippen molar-refractivity contribution in [3.63, 3.8) is 0 Å². The van der Waals surface area contributed by atoms with E-state index in [9.17, 15) is 4.79 Å². The highest BCUT2D eigenvalue weighted by Crippen LogP contribution is 2.31. The lowest BCUT2D eigenvalue weighted by Gasteiger charge is -2.15. The van der Waals surface area contributed by atoms with Crippen LogP contribution in [0.25, 0.3) is 0 Å². The molecule has 0 saturated heterocycles. The number of aryl methyl sites for hydroxylation is 2. The minimum atomic E-state index is -0.144.